The molecule has 0 radical (unpaired) electrons. The third kappa shape index (κ3) is 5.39. The standard InChI is InChI=1S/C21H24FN7O2/c1-27(2)21(26-14-23)28-8-4-6-18(13-28)31-19-10-15(22)9-17(11-19)29(20(24)30)16-5-3-7-25-12-16/h3,5,7,9-12,18H,4,6,8,13H2,1-2H3,(H2,24,30)/t18-/m1/s1. The fraction of sp³-hybridized carbons (Fsp3) is 0.333. The number of urea groups is 1. The van der Waals surface area contributed by atoms with E-state index in [9.17, 15) is 9.18 Å². The number of pyridine rings is 1. The topological polar surface area (TPSA) is 111 Å². The number of halogens is 1. The number of benzene rings is 1. The van der Waals surface area contributed by atoms with E-state index < -0.39 is 11.8 Å². The molecule has 0 unspecified atom stereocenters. The fourth-order valence-electron chi connectivity index (χ4n) is 3.54. The largest absolute Gasteiger partial charge is 0.488 e. The Morgan fingerprint density at radius 3 is 2.84 bits per heavy atom. The molecule has 0 saturated carbocycles. The van der Waals surface area contributed by atoms with E-state index in [4.69, 9.17) is 15.7 Å². The van der Waals surface area contributed by atoms with Crippen molar-refractivity contribution in [2.45, 2.75) is 18.9 Å². The highest BCUT2D eigenvalue weighted by Crippen LogP contribution is 2.30. The van der Waals surface area contributed by atoms with Gasteiger partial charge in [0.15, 0.2) is 0 Å². The van der Waals surface area contributed by atoms with E-state index in [1.807, 2.05) is 25.2 Å². The number of nitrogens with zero attached hydrogens (tertiary/aromatic N) is 6. The smallest absolute Gasteiger partial charge is 0.323 e. The molecule has 1 atom stereocenters. The normalized spacial score (nSPS) is 16.4. The number of hydrogen-bond acceptors (Lipinski definition) is 5. The van der Waals surface area contributed by atoms with Gasteiger partial charge in [-0.05, 0) is 31.0 Å². The minimum atomic E-state index is -0.767. The van der Waals surface area contributed by atoms with Crippen LogP contribution in [0.25, 0.3) is 0 Å². The molecule has 1 aliphatic heterocycles. The summed E-state index contributed by atoms with van der Waals surface area (Å²) in [6, 6.07) is 6.58. The number of aromatic nitrogens is 1. The van der Waals surface area contributed by atoms with E-state index in [1.54, 1.807) is 29.3 Å². The summed E-state index contributed by atoms with van der Waals surface area (Å²) in [5, 5.41) is 8.96. The number of guanidine groups is 1. The number of rotatable bonds is 4. The lowest BCUT2D eigenvalue weighted by Crippen LogP contribution is -2.49. The minimum absolute atomic E-state index is 0.239. The zero-order valence-electron chi connectivity index (χ0n) is 17.4. The number of nitriles is 1. The van der Waals surface area contributed by atoms with E-state index in [1.165, 1.54) is 23.2 Å². The molecule has 0 spiro atoms. The monoisotopic (exact) mass is 425 g/mol. The van der Waals surface area contributed by atoms with Crippen molar-refractivity contribution in [2.24, 2.45) is 10.7 Å². The van der Waals surface area contributed by atoms with E-state index in [0.717, 1.165) is 19.4 Å². The van der Waals surface area contributed by atoms with Gasteiger partial charge in [-0.3, -0.25) is 9.88 Å². The Morgan fingerprint density at radius 2 is 2.19 bits per heavy atom. The molecule has 9 nitrogen and oxygen atoms in total. The van der Waals surface area contributed by atoms with Gasteiger partial charge in [0.1, 0.15) is 17.7 Å². The van der Waals surface area contributed by atoms with Crippen molar-refractivity contribution in [3.63, 3.8) is 0 Å². The summed E-state index contributed by atoms with van der Waals surface area (Å²) in [6.07, 6.45) is 6.20. The Balaban J connectivity index is 1.83. The van der Waals surface area contributed by atoms with E-state index in [2.05, 4.69) is 9.98 Å². The van der Waals surface area contributed by atoms with E-state index in [-0.39, 0.29) is 17.5 Å². The Kier molecular flexibility index (Phi) is 6.87. The van der Waals surface area contributed by atoms with Gasteiger partial charge in [-0.1, -0.05) is 0 Å². The van der Waals surface area contributed by atoms with Crippen LogP contribution >= 0.6 is 0 Å². The number of carbonyl (C=O) groups is 1. The van der Waals surface area contributed by atoms with Crippen molar-refractivity contribution >= 4 is 23.4 Å². The van der Waals surface area contributed by atoms with Crippen molar-refractivity contribution in [1.29, 1.82) is 5.26 Å². The van der Waals surface area contributed by atoms with Gasteiger partial charge in [0.05, 0.1) is 24.1 Å². The number of carbonyl (C=O) groups excluding carboxylic acids is 1. The lowest BCUT2D eigenvalue weighted by Gasteiger charge is -2.36. The van der Waals surface area contributed by atoms with Crippen molar-refractivity contribution in [3.8, 4) is 11.9 Å². The molecular weight excluding hydrogens is 401 g/mol. The predicted octanol–water partition coefficient (Wildman–Crippen LogP) is 2.68. The van der Waals surface area contributed by atoms with E-state index >= 15 is 0 Å². The molecule has 2 heterocycles. The van der Waals surface area contributed by atoms with E-state index in [0.29, 0.717) is 18.2 Å². The van der Waals surface area contributed by atoms with Crippen LogP contribution in [0.5, 0.6) is 5.75 Å². The number of anilines is 2. The number of nitrogens with two attached hydrogens (primary N) is 1. The van der Waals surface area contributed by atoms with Crippen LogP contribution in [0.4, 0.5) is 20.6 Å². The molecule has 1 aromatic heterocycles. The highest BCUT2D eigenvalue weighted by Gasteiger charge is 2.26. The first-order valence-electron chi connectivity index (χ1n) is 9.75. The molecule has 1 aromatic carbocycles. The van der Waals surface area contributed by atoms with Crippen molar-refractivity contribution < 1.29 is 13.9 Å². The SMILES string of the molecule is CN(C)C(=NC#N)N1CCC[C@@H](Oc2cc(F)cc(N(C(N)=O)c3cccnc3)c2)C1. The molecule has 10 heteroatoms. The summed E-state index contributed by atoms with van der Waals surface area (Å²) in [7, 11) is 3.63. The predicted molar refractivity (Wildman–Crippen MR) is 114 cm³/mol. The molecular formula is C21H24FN7O2. The van der Waals surface area contributed by atoms with Gasteiger partial charge in [0.2, 0.25) is 12.2 Å². The van der Waals surface area contributed by atoms with Gasteiger partial charge in [-0.2, -0.15) is 5.26 Å². The number of amides is 2. The Hall–Kier alpha value is -3.87. The van der Waals surface area contributed by atoms with Crippen LogP contribution in [-0.2, 0) is 0 Å². The second kappa shape index (κ2) is 9.75. The second-order valence-electron chi connectivity index (χ2n) is 7.26. The molecule has 1 aliphatic rings. The Morgan fingerprint density at radius 1 is 1.39 bits per heavy atom. The zero-order chi connectivity index (χ0) is 22.4. The number of aliphatic imine (C=N–C) groups is 1. The zero-order valence-corrected chi connectivity index (χ0v) is 17.4. The molecule has 31 heavy (non-hydrogen) atoms. The van der Waals surface area contributed by atoms with Crippen LogP contribution in [0, 0.1) is 17.3 Å². The van der Waals surface area contributed by atoms with Gasteiger partial charge in [-0.25, -0.2) is 9.18 Å². The number of piperidine rings is 1. The highest BCUT2D eigenvalue weighted by molar-refractivity contribution is 5.98. The molecule has 1 fully saturated rings. The second-order valence-corrected chi connectivity index (χ2v) is 7.26. The molecule has 0 bridgehead atoms. The van der Waals surface area contributed by atoms with Crippen LogP contribution < -0.4 is 15.4 Å². The molecule has 2 amide bonds. The van der Waals surface area contributed by atoms with Crippen molar-refractivity contribution in [2.75, 3.05) is 32.1 Å². The maximum absolute atomic E-state index is 14.4. The number of likely N-dealkylation sites (tertiary alicyclic amines) is 1. The first-order chi connectivity index (χ1) is 14.9. The molecule has 2 N–H and O–H groups in total. The minimum Gasteiger partial charge on any atom is -0.488 e. The maximum Gasteiger partial charge on any atom is 0.323 e. The van der Waals surface area contributed by atoms with Crippen LogP contribution in [0.3, 0.4) is 0 Å². The van der Waals surface area contributed by atoms with Crippen LogP contribution in [0.2, 0.25) is 0 Å². The van der Waals surface area contributed by atoms with Crippen LogP contribution in [0.1, 0.15) is 12.8 Å². The number of hydrogen-bond donors (Lipinski definition) is 1. The van der Waals surface area contributed by atoms with Crippen LogP contribution in [0.15, 0.2) is 47.7 Å². The molecule has 0 aliphatic carbocycles. The average molecular weight is 425 g/mol. The molecule has 2 aromatic rings. The molecule has 162 valence electrons. The van der Waals surface area contributed by atoms with Gasteiger partial charge in [0, 0.05) is 39.0 Å². The van der Waals surface area contributed by atoms with Gasteiger partial charge in [0.25, 0.3) is 0 Å². The maximum atomic E-state index is 14.4. The summed E-state index contributed by atoms with van der Waals surface area (Å²) in [6.45, 7) is 1.23. The van der Waals surface area contributed by atoms with Gasteiger partial charge in [-0.15, -0.1) is 4.99 Å². The Labute approximate surface area is 180 Å². The number of ether oxygens (including phenoxy) is 1. The van der Waals surface area contributed by atoms with Gasteiger partial charge >= 0.3 is 6.03 Å². The average Bonchev–Trinajstić information content (AvgIpc) is 2.72. The summed E-state index contributed by atoms with van der Waals surface area (Å²) in [5.74, 6) is 0.267. The lowest BCUT2D eigenvalue weighted by molar-refractivity contribution is 0.119. The number of primary amides is 1. The van der Waals surface area contributed by atoms with Crippen molar-refractivity contribution in [3.05, 3.63) is 48.5 Å². The van der Waals surface area contributed by atoms with Crippen molar-refractivity contribution in [1.82, 2.24) is 14.8 Å². The molecule has 3 rings (SSSR count). The van der Waals surface area contributed by atoms with Crippen LogP contribution in [-0.4, -0.2) is 60.1 Å². The third-order valence-corrected chi connectivity index (χ3v) is 4.75. The first-order valence-corrected chi connectivity index (χ1v) is 9.75. The third-order valence-electron chi connectivity index (χ3n) is 4.75. The summed E-state index contributed by atoms with van der Waals surface area (Å²) in [4.78, 5) is 24.8. The Bertz CT molecular complexity index is 991. The summed E-state index contributed by atoms with van der Waals surface area (Å²) >= 11 is 0. The summed E-state index contributed by atoms with van der Waals surface area (Å²) < 4.78 is 20.4. The fourth-order valence-corrected chi connectivity index (χ4v) is 3.54. The highest BCUT2D eigenvalue weighted by atomic mass is 19.1. The van der Waals surface area contributed by atoms with Gasteiger partial charge < -0.3 is 20.3 Å². The first kappa shape index (κ1) is 21.8. The summed E-state index contributed by atoms with van der Waals surface area (Å²) in [5.41, 5.74) is 6.19. The quantitative estimate of drug-likeness (QED) is 0.458. The lowest BCUT2D eigenvalue weighted by atomic mass is 10.1. The molecule has 1 saturated heterocycles.